The Morgan fingerprint density at radius 3 is 2.67 bits per heavy atom. The van der Waals surface area contributed by atoms with Crippen molar-refractivity contribution in [3.8, 4) is 0 Å². The first kappa shape index (κ1) is 10.6. The van der Waals surface area contributed by atoms with E-state index in [1.165, 1.54) is 6.26 Å². The van der Waals surface area contributed by atoms with Crippen LogP contribution in [0.2, 0.25) is 0 Å². The zero-order valence-corrected chi connectivity index (χ0v) is 10.7. The summed E-state index contributed by atoms with van der Waals surface area (Å²) in [6, 6.07) is 8.78. The van der Waals surface area contributed by atoms with E-state index in [9.17, 15) is 4.79 Å². The molecular weight excluding hydrogens is 324 g/mol. The minimum Gasteiger partial charge on any atom is -0.461 e. The molecule has 0 spiro atoms. The van der Waals surface area contributed by atoms with E-state index in [0.717, 1.165) is 8.95 Å². The lowest BCUT2D eigenvalue weighted by Crippen LogP contribution is -2.00. The van der Waals surface area contributed by atoms with E-state index in [-0.39, 0.29) is 5.78 Å². The molecule has 1 aromatic heterocycles. The summed E-state index contributed by atoms with van der Waals surface area (Å²) in [4.78, 5) is 11.9. The molecule has 0 fully saturated rings. The molecule has 0 bridgehead atoms. The van der Waals surface area contributed by atoms with Gasteiger partial charge in [-0.2, -0.15) is 0 Å². The highest BCUT2D eigenvalue weighted by Gasteiger charge is 2.15. The van der Waals surface area contributed by atoms with Crippen LogP contribution in [0.4, 0.5) is 0 Å². The largest absolute Gasteiger partial charge is 0.461 e. The van der Waals surface area contributed by atoms with Crippen molar-refractivity contribution in [3.05, 3.63) is 56.9 Å². The molecule has 1 heterocycles. The van der Waals surface area contributed by atoms with Crippen molar-refractivity contribution in [2.24, 2.45) is 0 Å². The van der Waals surface area contributed by atoms with Crippen molar-refractivity contribution >= 4 is 37.6 Å². The number of furan rings is 1. The molecule has 2 rings (SSSR count). The Kier molecular flexibility index (Phi) is 3.07. The van der Waals surface area contributed by atoms with E-state index in [4.69, 9.17) is 4.42 Å². The summed E-state index contributed by atoms with van der Waals surface area (Å²) >= 11 is 6.66. The Morgan fingerprint density at radius 2 is 2.00 bits per heavy atom. The van der Waals surface area contributed by atoms with Gasteiger partial charge < -0.3 is 4.42 Å². The number of carbonyl (C=O) groups excluding carboxylic acids is 1. The second kappa shape index (κ2) is 4.33. The lowest BCUT2D eigenvalue weighted by molar-refractivity contribution is 0.101. The normalized spacial score (nSPS) is 10.3. The molecule has 0 aliphatic heterocycles. The molecule has 76 valence electrons. The second-order valence-corrected chi connectivity index (χ2v) is 4.70. The van der Waals surface area contributed by atoms with E-state index >= 15 is 0 Å². The molecule has 0 amide bonds. The SMILES string of the molecule is O=C(c1ccco1)c1cc(Br)ccc1Br. The lowest BCUT2D eigenvalue weighted by atomic mass is 10.1. The van der Waals surface area contributed by atoms with Gasteiger partial charge in [-0.1, -0.05) is 31.9 Å². The lowest BCUT2D eigenvalue weighted by Gasteiger charge is -2.01. The van der Waals surface area contributed by atoms with Gasteiger partial charge in [-0.25, -0.2) is 0 Å². The Hall–Kier alpha value is -0.870. The number of ketones is 1. The predicted octanol–water partition coefficient (Wildman–Crippen LogP) is 4.04. The summed E-state index contributed by atoms with van der Waals surface area (Å²) in [6.07, 6.45) is 1.49. The average Bonchev–Trinajstić information content (AvgIpc) is 2.74. The van der Waals surface area contributed by atoms with Crippen LogP contribution in [0.3, 0.4) is 0 Å². The zero-order chi connectivity index (χ0) is 10.8. The fourth-order valence-corrected chi connectivity index (χ4v) is 2.00. The molecule has 0 saturated carbocycles. The van der Waals surface area contributed by atoms with E-state index < -0.39 is 0 Å². The monoisotopic (exact) mass is 328 g/mol. The first-order chi connectivity index (χ1) is 7.18. The maximum Gasteiger partial charge on any atom is 0.229 e. The van der Waals surface area contributed by atoms with Crippen LogP contribution in [0.25, 0.3) is 0 Å². The third-order valence-electron chi connectivity index (χ3n) is 1.92. The molecule has 4 heteroatoms. The Labute approximate surface area is 104 Å². The van der Waals surface area contributed by atoms with Crippen LogP contribution >= 0.6 is 31.9 Å². The van der Waals surface area contributed by atoms with Crippen molar-refractivity contribution in [1.29, 1.82) is 0 Å². The summed E-state index contributed by atoms with van der Waals surface area (Å²) in [7, 11) is 0. The molecule has 2 nitrogen and oxygen atoms in total. The van der Waals surface area contributed by atoms with E-state index in [2.05, 4.69) is 31.9 Å². The van der Waals surface area contributed by atoms with Crippen LogP contribution in [0.15, 0.2) is 50.0 Å². The fraction of sp³-hybridized carbons (Fsp3) is 0. The number of halogens is 2. The molecule has 0 N–H and O–H groups in total. The topological polar surface area (TPSA) is 30.2 Å². The van der Waals surface area contributed by atoms with Crippen LogP contribution in [0.1, 0.15) is 16.1 Å². The van der Waals surface area contributed by atoms with E-state index in [1.807, 2.05) is 12.1 Å². The van der Waals surface area contributed by atoms with Crippen molar-refractivity contribution in [2.45, 2.75) is 0 Å². The molecule has 2 aromatic rings. The number of carbonyl (C=O) groups is 1. The summed E-state index contributed by atoms with van der Waals surface area (Å²) < 4.78 is 6.68. The van der Waals surface area contributed by atoms with Gasteiger partial charge in [0.05, 0.1) is 6.26 Å². The number of hydrogen-bond donors (Lipinski definition) is 0. The highest BCUT2D eigenvalue weighted by atomic mass is 79.9. The molecule has 15 heavy (non-hydrogen) atoms. The smallest absolute Gasteiger partial charge is 0.229 e. The van der Waals surface area contributed by atoms with Crippen LogP contribution in [0, 0.1) is 0 Å². The fourth-order valence-electron chi connectivity index (χ4n) is 1.21. The van der Waals surface area contributed by atoms with Gasteiger partial charge in [0, 0.05) is 14.5 Å². The third kappa shape index (κ3) is 2.21. The van der Waals surface area contributed by atoms with Gasteiger partial charge in [0.25, 0.3) is 0 Å². The van der Waals surface area contributed by atoms with Crippen LogP contribution < -0.4 is 0 Å². The number of hydrogen-bond acceptors (Lipinski definition) is 2. The molecule has 1 aromatic carbocycles. The van der Waals surface area contributed by atoms with Gasteiger partial charge in [-0.05, 0) is 30.3 Å². The third-order valence-corrected chi connectivity index (χ3v) is 3.10. The predicted molar refractivity (Wildman–Crippen MR) is 64.0 cm³/mol. The van der Waals surface area contributed by atoms with Crippen LogP contribution in [-0.2, 0) is 0 Å². The minimum absolute atomic E-state index is 0.131. The quantitative estimate of drug-likeness (QED) is 0.778. The molecule has 0 aliphatic carbocycles. The molecule has 0 radical (unpaired) electrons. The highest BCUT2D eigenvalue weighted by Crippen LogP contribution is 2.24. The van der Waals surface area contributed by atoms with Crippen LogP contribution in [-0.4, -0.2) is 5.78 Å². The van der Waals surface area contributed by atoms with Gasteiger partial charge >= 0.3 is 0 Å². The first-order valence-electron chi connectivity index (χ1n) is 4.22. The van der Waals surface area contributed by atoms with Gasteiger partial charge in [0.15, 0.2) is 5.76 Å². The number of rotatable bonds is 2. The van der Waals surface area contributed by atoms with Crippen molar-refractivity contribution in [3.63, 3.8) is 0 Å². The summed E-state index contributed by atoms with van der Waals surface area (Å²) in [5, 5.41) is 0. The number of benzene rings is 1. The molecule has 0 saturated heterocycles. The molecule has 0 aliphatic rings. The summed E-state index contributed by atoms with van der Waals surface area (Å²) in [6.45, 7) is 0. The van der Waals surface area contributed by atoms with Crippen molar-refractivity contribution in [2.75, 3.05) is 0 Å². The molecular formula is C11H6Br2O2. The zero-order valence-electron chi connectivity index (χ0n) is 7.54. The maximum atomic E-state index is 11.9. The van der Waals surface area contributed by atoms with Crippen molar-refractivity contribution < 1.29 is 9.21 Å². The van der Waals surface area contributed by atoms with Gasteiger partial charge in [-0.3, -0.25) is 4.79 Å². The van der Waals surface area contributed by atoms with Crippen molar-refractivity contribution in [1.82, 2.24) is 0 Å². The second-order valence-electron chi connectivity index (χ2n) is 2.93. The Balaban J connectivity index is 2.46. The van der Waals surface area contributed by atoms with Crippen LogP contribution in [0.5, 0.6) is 0 Å². The molecule has 0 atom stereocenters. The maximum absolute atomic E-state index is 11.9. The average molecular weight is 330 g/mol. The van der Waals surface area contributed by atoms with E-state index in [1.54, 1.807) is 18.2 Å². The Bertz CT molecular complexity index is 489. The molecule has 0 unspecified atom stereocenters. The standard InChI is InChI=1S/C11H6Br2O2/c12-7-3-4-9(13)8(6-7)11(14)10-2-1-5-15-10/h1-6H. The first-order valence-corrected chi connectivity index (χ1v) is 5.80. The highest BCUT2D eigenvalue weighted by molar-refractivity contribution is 9.11. The summed E-state index contributed by atoms with van der Waals surface area (Å²) in [5.41, 5.74) is 0.583. The summed E-state index contributed by atoms with van der Waals surface area (Å²) in [5.74, 6) is 0.210. The Morgan fingerprint density at radius 1 is 1.20 bits per heavy atom. The van der Waals surface area contributed by atoms with Gasteiger partial charge in [0.2, 0.25) is 5.78 Å². The van der Waals surface area contributed by atoms with Gasteiger partial charge in [-0.15, -0.1) is 0 Å². The minimum atomic E-state index is -0.131. The van der Waals surface area contributed by atoms with Gasteiger partial charge in [0.1, 0.15) is 0 Å². The van der Waals surface area contributed by atoms with E-state index in [0.29, 0.717) is 11.3 Å².